The number of hydrazine groups is 1. The lowest BCUT2D eigenvalue weighted by Crippen LogP contribution is -2.54. The molecule has 0 amide bonds. The summed E-state index contributed by atoms with van der Waals surface area (Å²) in [7, 11) is 4.24. The number of unbranched alkanes of at least 4 members (excludes halogenated alkanes) is 1. The molecule has 0 aliphatic carbocycles. The van der Waals surface area contributed by atoms with Gasteiger partial charge in [-0.05, 0) is 20.5 Å². The number of hydrogen-bond acceptors (Lipinski definition) is 4. The number of nitrogens with two attached hydrogens (primary N) is 1. The van der Waals surface area contributed by atoms with Crippen molar-refractivity contribution in [2.24, 2.45) is 10.8 Å². The van der Waals surface area contributed by atoms with Gasteiger partial charge in [0, 0.05) is 45.8 Å². The first-order valence-electron chi connectivity index (χ1n) is 7.30. The van der Waals surface area contributed by atoms with Crippen LogP contribution in [-0.2, 0) is 0 Å². The monoisotopic (exact) mass is 270 g/mol. The summed E-state index contributed by atoms with van der Waals surface area (Å²) < 4.78 is 0. The van der Waals surface area contributed by atoms with Crippen molar-refractivity contribution in [1.82, 2.24) is 20.1 Å². The molecule has 3 N–H and O–H groups in total. The molecule has 6 heteroatoms. The number of hydrogen-bond donors (Lipinski definition) is 2. The second kappa shape index (κ2) is 9.12. The molecule has 1 rings (SSSR count). The minimum Gasteiger partial charge on any atom is -0.339 e. The van der Waals surface area contributed by atoms with Gasteiger partial charge < -0.3 is 9.80 Å². The van der Waals surface area contributed by atoms with Crippen molar-refractivity contribution in [1.29, 1.82) is 0 Å². The lowest BCUT2D eigenvalue weighted by molar-refractivity contribution is 0.166. The fraction of sp³-hybridized carbons (Fsp3) is 0.923. The molecule has 0 aromatic carbocycles. The van der Waals surface area contributed by atoms with Crippen molar-refractivity contribution in [2.45, 2.75) is 19.8 Å². The first-order chi connectivity index (χ1) is 9.17. The molecule has 19 heavy (non-hydrogen) atoms. The molecule has 1 aliphatic heterocycles. The summed E-state index contributed by atoms with van der Waals surface area (Å²) in [6.07, 6.45) is 2.29. The number of rotatable bonds is 6. The van der Waals surface area contributed by atoms with Gasteiger partial charge in [-0.25, -0.2) is 5.84 Å². The highest BCUT2D eigenvalue weighted by Gasteiger charge is 2.18. The van der Waals surface area contributed by atoms with Crippen LogP contribution in [0.1, 0.15) is 19.8 Å². The smallest absolute Gasteiger partial charge is 0.208 e. The van der Waals surface area contributed by atoms with Gasteiger partial charge in [0.1, 0.15) is 0 Å². The molecule has 1 fully saturated rings. The largest absolute Gasteiger partial charge is 0.339 e. The SMILES string of the molecule is CCCCN=C(NN)N1CCN(CCN(C)C)CC1. The lowest BCUT2D eigenvalue weighted by atomic mass is 10.3. The Labute approximate surface area is 117 Å². The predicted octanol–water partition coefficient (Wildman–Crippen LogP) is -0.215. The van der Waals surface area contributed by atoms with Crippen LogP contribution < -0.4 is 11.3 Å². The number of nitrogens with one attached hydrogen (secondary N) is 1. The van der Waals surface area contributed by atoms with E-state index in [2.05, 4.69) is 46.1 Å². The minimum atomic E-state index is 0.848. The average Bonchev–Trinajstić information content (AvgIpc) is 2.42. The van der Waals surface area contributed by atoms with Crippen molar-refractivity contribution in [3.05, 3.63) is 0 Å². The highest BCUT2D eigenvalue weighted by atomic mass is 15.4. The van der Waals surface area contributed by atoms with Crippen molar-refractivity contribution >= 4 is 5.96 Å². The summed E-state index contributed by atoms with van der Waals surface area (Å²) in [5.74, 6) is 6.42. The Morgan fingerprint density at radius 1 is 1.26 bits per heavy atom. The van der Waals surface area contributed by atoms with Crippen molar-refractivity contribution < 1.29 is 0 Å². The molecule has 0 aromatic rings. The second-order valence-corrected chi connectivity index (χ2v) is 5.34. The average molecular weight is 270 g/mol. The molecular formula is C13H30N6. The molecule has 0 spiro atoms. The highest BCUT2D eigenvalue weighted by Crippen LogP contribution is 2.02. The Morgan fingerprint density at radius 3 is 2.47 bits per heavy atom. The fourth-order valence-electron chi connectivity index (χ4n) is 2.10. The first kappa shape index (κ1) is 16.2. The molecule has 112 valence electrons. The molecule has 1 heterocycles. The van der Waals surface area contributed by atoms with E-state index in [1.807, 2.05) is 0 Å². The van der Waals surface area contributed by atoms with Crippen LogP contribution in [0.15, 0.2) is 4.99 Å². The maximum absolute atomic E-state index is 5.58. The highest BCUT2D eigenvalue weighted by molar-refractivity contribution is 5.79. The van der Waals surface area contributed by atoms with Crippen LogP contribution in [0, 0.1) is 0 Å². The van der Waals surface area contributed by atoms with E-state index < -0.39 is 0 Å². The van der Waals surface area contributed by atoms with E-state index in [0.717, 1.165) is 58.2 Å². The predicted molar refractivity (Wildman–Crippen MR) is 81.1 cm³/mol. The summed E-state index contributed by atoms with van der Waals surface area (Å²) in [5.41, 5.74) is 2.74. The third-order valence-corrected chi connectivity index (χ3v) is 3.44. The summed E-state index contributed by atoms with van der Waals surface area (Å²) in [5, 5.41) is 0. The zero-order valence-corrected chi connectivity index (χ0v) is 12.7. The van der Waals surface area contributed by atoms with Crippen LogP contribution in [0.2, 0.25) is 0 Å². The van der Waals surface area contributed by atoms with Crippen LogP contribution in [0.4, 0.5) is 0 Å². The second-order valence-electron chi connectivity index (χ2n) is 5.34. The van der Waals surface area contributed by atoms with Crippen molar-refractivity contribution in [3.8, 4) is 0 Å². The van der Waals surface area contributed by atoms with E-state index in [4.69, 9.17) is 5.84 Å². The topological polar surface area (TPSA) is 60.1 Å². The van der Waals surface area contributed by atoms with Gasteiger partial charge in [-0.3, -0.25) is 15.3 Å². The number of nitrogens with zero attached hydrogens (tertiary/aromatic N) is 4. The van der Waals surface area contributed by atoms with E-state index in [1.54, 1.807) is 0 Å². The van der Waals surface area contributed by atoms with Crippen LogP contribution >= 0.6 is 0 Å². The summed E-state index contributed by atoms with van der Waals surface area (Å²) in [4.78, 5) is 11.5. The van der Waals surface area contributed by atoms with E-state index in [9.17, 15) is 0 Å². The molecule has 0 radical (unpaired) electrons. The summed E-state index contributed by atoms with van der Waals surface area (Å²) >= 11 is 0. The first-order valence-corrected chi connectivity index (χ1v) is 7.30. The van der Waals surface area contributed by atoms with Gasteiger partial charge >= 0.3 is 0 Å². The van der Waals surface area contributed by atoms with Gasteiger partial charge in [-0.15, -0.1) is 0 Å². The van der Waals surface area contributed by atoms with E-state index in [1.165, 1.54) is 6.42 Å². The van der Waals surface area contributed by atoms with Crippen LogP contribution in [0.5, 0.6) is 0 Å². The summed E-state index contributed by atoms with van der Waals surface area (Å²) in [6.45, 7) is 9.47. The molecule has 1 saturated heterocycles. The lowest BCUT2D eigenvalue weighted by Gasteiger charge is -2.36. The molecule has 0 aromatic heterocycles. The number of piperazine rings is 1. The van der Waals surface area contributed by atoms with Crippen molar-refractivity contribution in [2.75, 3.05) is 59.9 Å². The molecule has 0 bridgehead atoms. The molecule has 0 saturated carbocycles. The Balaban J connectivity index is 2.32. The maximum Gasteiger partial charge on any atom is 0.208 e. The van der Waals surface area contributed by atoms with Gasteiger partial charge in [0.05, 0.1) is 0 Å². The molecule has 6 nitrogen and oxygen atoms in total. The fourth-order valence-corrected chi connectivity index (χ4v) is 2.10. The zero-order valence-electron chi connectivity index (χ0n) is 12.7. The normalized spacial score (nSPS) is 18.2. The van der Waals surface area contributed by atoms with Crippen LogP contribution in [0.25, 0.3) is 0 Å². The van der Waals surface area contributed by atoms with Gasteiger partial charge in [-0.2, -0.15) is 0 Å². The number of guanidine groups is 1. The maximum atomic E-state index is 5.58. The molecular weight excluding hydrogens is 240 g/mol. The van der Waals surface area contributed by atoms with Crippen LogP contribution in [-0.4, -0.2) is 80.6 Å². The quantitative estimate of drug-likeness (QED) is 0.230. The standard InChI is InChI=1S/C13H30N6/c1-4-5-6-15-13(16-14)19-11-9-18(10-12-19)8-7-17(2)3/h4-12,14H2,1-3H3,(H,15,16). The van der Waals surface area contributed by atoms with E-state index in [-0.39, 0.29) is 0 Å². The Morgan fingerprint density at radius 2 is 1.95 bits per heavy atom. The number of aliphatic imine (C=N–C) groups is 1. The van der Waals surface area contributed by atoms with Gasteiger partial charge in [0.15, 0.2) is 0 Å². The Bertz CT molecular complexity index is 258. The Hall–Kier alpha value is -0.850. The van der Waals surface area contributed by atoms with Gasteiger partial charge in [0.25, 0.3) is 0 Å². The minimum absolute atomic E-state index is 0.848. The van der Waals surface area contributed by atoms with Gasteiger partial charge in [-0.1, -0.05) is 13.3 Å². The van der Waals surface area contributed by atoms with Crippen LogP contribution in [0.3, 0.4) is 0 Å². The third-order valence-electron chi connectivity index (χ3n) is 3.44. The Kier molecular flexibility index (Phi) is 7.78. The van der Waals surface area contributed by atoms with Crippen molar-refractivity contribution in [3.63, 3.8) is 0 Å². The third kappa shape index (κ3) is 6.22. The number of likely N-dealkylation sites (N-methyl/N-ethyl adjacent to an activating group) is 1. The van der Waals surface area contributed by atoms with E-state index in [0.29, 0.717) is 0 Å². The van der Waals surface area contributed by atoms with E-state index >= 15 is 0 Å². The molecule has 0 unspecified atom stereocenters. The van der Waals surface area contributed by atoms with Gasteiger partial charge in [0.2, 0.25) is 5.96 Å². The molecule has 1 aliphatic rings. The molecule has 0 atom stereocenters. The zero-order chi connectivity index (χ0) is 14.1. The summed E-state index contributed by atoms with van der Waals surface area (Å²) in [6, 6.07) is 0.